The fourth-order valence-corrected chi connectivity index (χ4v) is 0.872. The minimum atomic E-state index is -0.371. The van der Waals surface area contributed by atoms with Gasteiger partial charge in [0, 0.05) is 0 Å². The fraction of sp³-hybridized carbons (Fsp3) is 0.700. The summed E-state index contributed by atoms with van der Waals surface area (Å²) >= 11 is 0. The van der Waals surface area contributed by atoms with Crippen molar-refractivity contribution in [2.24, 2.45) is 5.92 Å². The van der Waals surface area contributed by atoms with E-state index in [0.29, 0.717) is 11.5 Å². The molecule has 0 spiro atoms. The van der Waals surface area contributed by atoms with E-state index in [1.54, 1.807) is 6.92 Å². The molecule has 0 rings (SSSR count). The van der Waals surface area contributed by atoms with Crippen LogP contribution in [0.25, 0.3) is 0 Å². The molecular formula is C10H18O2. The number of aliphatic hydroxyl groups excluding tert-OH is 1. The standard InChI is InChI=1S/C10H18O2/c1-8(2)5-4-6-9(3)10(12)7-11/h6,8,11H,4-5,7H2,1-3H3. The first-order valence-corrected chi connectivity index (χ1v) is 4.38. The molecule has 0 aromatic rings. The van der Waals surface area contributed by atoms with Gasteiger partial charge in [0.25, 0.3) is 0 Å². The van der Waals surface area contributed by atoms with Crippen molar-refractivity contribution in [3.05, 3.63) is 11.6 Å². The van der Waals surface area contributed by atoms with E-state index in [2.05, 4.69) is 13.8 Å². The van der Waals surface area contributed by atoms with E-state index in [-0.39, 0.29) is 12.4 Å². The molecule has 0 bridgehead atoms. The van der Waals surface area contributed by atoms with Gasteiger partial charge in [-0.15, -0.1) is 0 Å². The topological polar surface area (TPSA) is 37.3 Å². The molecule has 2 heteroatoms. The van der Waals surface area contributed by atoms with Crippen molar-refractivity contribution in [3.8, 4) is 0 Å². The molecule has 0 saturated heterocycles. The Kier molecular flexibility index (Phi) is 5.64. The molecule has 0 atom stereocenters. The zero-order chi connectivity index (χ0) is 9.56. The third-order valence-corrected chi connectivity index (χ3v) is 1.78. The minimum Gasteiger partial charge on any atom is -0.388 e. The Bertz CT molecular complexity index is 169. The molecular weight excluding hydrogens is 152 g/mol. The normalized spacial score (nSPS) is 12.2. The third-order valence-electron chi connectivity index (χ3n) is 1.78. The van der Waals surface area contributed by atoms with Crippen molar-refractivity contribution in [1.82, 2.24) is 0 Å². The van der Waals surface area contributed by atoms with Gasteiger partial charge in [-0.3, -0.25) is 4.79 Å². The van der Waals surface area contributed by atoms with E-state index < -0.39 is 0 Å². The summed E-state index contributed by atoms with van der Waals surface area (Å²) in [6.07, 6.45) is 3.92. The van der Waals surface area contributed by atoms with Crippen LogP contribution < -0.4 is 0 Å². The number of ketones is 1. The van der Waals surface area contributed by atoms with Gasteiger partial charge in [0.05, 0.1) is 0 Å². The van der Waals surface area contributed by atoms with E-state index in [1.165, 1.54) is 0 Å². The number of Topliss-reactive ketones (excluding diaryl/α,β-unsaturated/α-hetero) is 1. The first-order valence-electron chi connectivity index (χ1n) is 4.38. The van der Waals surface area contributed by atoms with Crippen molar-refractivity contribution in [2.45, 2.75) is 33.6 Å². The van der Waals surface area contributed by atoms with Gasteiger partial charge >= 0.3 is 0 Å². The molecule has 0 aromatic heterocycles. The van der Waals surface area contributed by atoms with Crippen LogP contribution in [0.1, 0.15) is 33.6 Å². The van der Waals surface area contributed by atoms with Gasteiger partial charge < -0.3 is 5.11 Å². The Balaban J connectivity index is 3.76. The fourth-order valence-electron chi connectivity index (χ4n) is 0.872. The summed E-state index contributed by atoms with van der Waals surface area (Å²) < 4.78 is 0. The second kappa shape index (κ2) is 5.95. The second-order valence-corrected chi connectivity index (χ2v) is 3.44. The molecule has 12 heavy (non-hydrogen) atoms. The van der Waals surface area contributed by atoms with Crippen molar-refractivity contribution >= 4 is 5.78 Å². The predicted molar refractivity (Wildman–Crippen MR) is 49.9 cm³/mol. The number of hydrogen-bond acceptors (Lipinski definition) is 2. The summed E-state index contributed by atoms with van der Waals surface area (Å²) in [6, 6.07) is 0. The largest absolute Gasteiger partial charge is 0.388 e. The number of aliphatic hydroxyl groups is 1. The van der Waals surface area contributed by atoms with E-state index >= 15 is 0 Å². The summed E-state index contributed by atoms with van der Waals surface area (Å²) in [4.78, 5) is 10.9. The zero-order valence-corrected chi connectivity index (χ0v) is 8.13. The zero-order valence-electron chi connectivity index (χ0n) is 8.13. The molecule has 2 nitrogen and oxygen atoms in total. The lowest BCUT2D eigenvalue weighted by Crippen LogP contribution is -2.04. The molecule has 0 aromatic carbocycles. The number of hydrogen-bond donors (Lipinski definition) is 1. The molecule has 0 aliphatic rings. The van der Waals surface area contributed by atoms with Crippen LogP contribution in [0.4, 0.5) is 0 Å². The van der Waals surface area contributed by atoms with Crippen LogP contribution in [0.5, 0.6) is 0 Å². The maximum Gasteiger partial charge on any atom is 0.183 e. The minimum absolute atomic E-state index is 0.168. The summed E-state index contributed by atoms with van der Waals surface area (Å²) in [6.45, 7) is 5.68. The molecule has 0 aliphatic heterocycles. The van der Waals surface area contributed by atoms with Crippen LogP contribution in [0.2, 0.25) is 0 Å². The summed E-state index contributed by atoms with van der Waals surface area (Å²) in [5.74, 6) is 0.497. The van der Waals surface area contributed by atoms with Crippen LogP contribution in [0.3, 0.4) is 0 Å². The molecule has 0 saturated carbocycles. The highest BCUT2D eigenvalue weighted by molar-refractivity contribution is 5.95. The number of rotatable bonds is 5. The van der Waals surface area contributed by atoms with Gasteiger partial charge in [0.2, 0.25) is 0 Å². The Morgan fingerprint density at radius 1 is 1.50 bits per heavy atom. The molecule has 0 fully saturated rings. The van der Waals surface area contributed by atoms with E-state index in [4.69, 9.17) is 5.11 Å². The maximum atomic E-state index is 10.9. The van der Waals surface area contributed by atoms with Crippen LogP contribution in [-0.2, 0) is 4.79 Å². The summed E-state index contributed by atoms with van der Waals surface area (Å²) in [5.41, 5.74) is 0.679. The highest BCUT2D eigenvalue weighted by atomic mass is 16.3. The Hall–Kier alpha value is -0.630. The highest BCUT2D eigenvalue weighted by Gasteiger charge is 2.00. The van der Waals surface area contributed by atoms with Crippen LogP contribution in [0.15, 0.2) is 11.6 Å². The Labute approximate surface area is 74.3 Å². The third kappa shape index (κ3) is 5.08. The quantitative estimate of drug-likeness (QED) is 0.640. The monoisotopic (exact) mass is 170 g/mol. The van der Waals surface area contributed by atoms with Gasteiger partial charge in [0.1, 0.15) is 6.61 Å². The molecule has 0 amide bonds. The lowest BCUT2D eigenvalue weighted by Gasteiger charge is -2.01. The van der Waals surface area contributed by atoms with Crippen molar-refractivity contribution < 1.29 is 9.90 Å². The van der Waals surface area contributed by atoms with Gasteiger partial charge in [-0.2, -0.15) is 0 Å². The second-order valence-electron chi connectivity index (χ2n) is 3.44. The molecule has 0 unspecified atom stereocenters. The van der Waals surface area contributed by atoms with E-state index in [0.717, 1.165) is 12.8 Å². The average molecular weight is 170 g/mol. The predicted octanol–water partition coefficient (Wildman–Crippen LogP) is 1.93. The van der Waals surface area contributed by atoms with Crippen LogP contribution in [0, 0.1) is 5.92 Å². The highest BCUT2D eigenvalue weighted by Crippen LogP contribution is 2.06. The number of carbonyl (C=O) groups is 1. The number of allylic oxidation sites excluding steroid dienone is 1. The number of carbonyl (C=O) groups excluding carboxylic acids is 1. The van der Waals surface area contributed by atoms with Crippen molar-refractivity contribution in [3.63, 3.8) is 0 Å². The van der Waals surface area contributed by atoms with Gasteiger partial charge in [-0.05, 0) is 31.3 Å². The van der Waals surface area contributed by atoms with Gasteiger partial charge in [-0.25, -0.2) is 0 Å². The maximum absolute atomic E-state index is 10.9. The average Bonchev–Trinajstić information content (AvgIpc) is 2.02. The molecule has 70 valence electrons. The molecule has 0 radical (unpaired) electrons. The summed E-state index contributed by atoms with van der Waals surface area (Å²) in [5, 5.41) is 8.52. The lowest BCUT2D eigenvalue weighted by atomic mass is 10.1. The van der Waals surface area contributed by atoms with Crippen molar-refractivity contribution in [2.75, 3.05) is 6.61 Å². The van der Waals surface area contributed by atoms with Gasteiger partial charge in [-0.1, -0.05) is 19.9 Å². The van der Waals surface area contributed by atoms with Crippen molar-refractivity contribution in [1.29, 1.82) is 0 Å². The first-order chi connectivity index (χ1) is 5.57. The molecule has 0 heterocycles. The molecule has 0 aliphatic carbocycles. The smallest absolute Gasteiger partial charge is 0.183 e. The SMILES string of the molecule is CC(=CCCC(C)C)C(=O)CO. The Morgan fingerprint density at radius 2 is 2.08 bits per heavy atom. The summed E-state index contributed by atoms with van der Waals surface area (Å²) in [7, 11) is 0. The van der Waals surface area contributed by atoms with Gasteiger partial charge in [0.15, 0.2) is 5.78 Å². The van der Waals surface area contributed by atoms with Crippen LogP contribution in [-0.4, -0.2) is 17.5 Å². The lowest BCUT2D eigenvalue weighted by molar-refractivity contribution is -0.118. The van der Waals surface area contributed by atoms with E-state index in [9.17, 15) is 4.79 Å². The molecule has 1 N–H and O–H groups in total. The van der Waals surface area contributed by atoms with Crippen LogP contribution >= 0.6 is 0 Å². The van der Waals surface area contributed by atoms with E-state index in [1.807, 2.05) is 6.08 Å². The first kappa shape index (κ1) is 11.4. The Morgan fingerprint density at radius 3 is 2.50 bits per heavy atom.